The molecule has 6 fully saturated rings. The predicted octanol–water partition coefficient (Wildman–Crippen LogP) is 14.6. The fourth-order valence-electron chi connectivity index (χ4n) is 18.5. The Morgan fingerprint density at radius 2 is 0.742 bits per heavy atom. The van der Waals surface area contributed by atoms with E-state index in [9.17, 15) is 68.2 Å². The van der Waals surface area contributed by atoms with Crippen molar-refractivity contribution in [2.24, 2.45) is 0 Å². The van der Waals surface area contributed by atoms with Gasteiger partial charge < -0.3 is 48.0 Å². The van der Waals surface area contributed by atoms with Crippen LogP contribution in [-0.4, -0.2) is 190 Å². The number of hydrogen-bond donors (Lipinski definition) is 2. The van der Waals surface area contributed by atoms with Crippen LogP contribution in [0.3, 0.4) is 0 Å². The molecule has 10 amide bonds. The SMILES string of the molecule is O=C1CCC(N2C(=O)c3ccc(OCCCCCN4CCC(OC5CC(Oc6ccc(CN7C(=O)/C(=C\C=C\c8ccc([N+](=O)[O-])cc8)c8ccccc87)cc6)C5)CC4)cc3C2=O)C(=O)N1.O=C1CCC(N2C(=O)c3ccc(OCCCCCN4CCC(OC5CC(Oc6ccc(CN7C(=O)/C(=C\C=C\c8ccc([N+](=O)[O-])cc8)c8ccccc87)cc6)C5)CC4)cc3C2=O)C(=O)N1. The van der Waals surface area contributed by atoms with E-state index < -0.39 is 69.2 Å². The fourth-order valence-corrected chi connectivity index (χ4v) is 18.5. The Balaban J connectivity index is 0.000000184. The van der Waals surface area contributed by atoms with Crippen LogP contribution in [0.2, 0.25) is 0 Å². The van der Waals surface area contributed by atoms with Crippen LogP contribution in [0.25, 0.3) is 23.3 Å². The van der Waals surface area contributed by atoms with Crippen molar-refractivity contribution in [3.05, 3.63) is 282 Å². The summed E-state index contributed by atoms with van der Waals surface area (Å²) in [6, 6.07) is 51.5. The van der Waals surface area contributed by atoms with Crippen molar-refractivity contribution < 1.29 is 86.2 Å². The number of carbonyl (C=O) groups is 10. The molecule has 30 nitrogen and oxygen atoms in total. The summed E-state index contributed by atoms with van der Waals surface area (Å²) < 4.78 is 37.3. The number of imide groups is 4. The van der Waals surface area contributed by atoms with Gasteiger partial charge in [0.15, 0.2) is 0 Å². The second kappa shape index (κ2) is 41.0. The van der Waals surface area contributed by atoms with E-state index in [1.54, 1.807) is 94.8 Å². The largest absolute Gasteiger partial charge is 0.494 e. The summed E-state index contributed by atoms with van der Waals surface area (Å²) in [6.45, 7) is 7.85. The van der Waals surface area contributed by atoms with Gasteiger partial charge in [0.25, 0.3) is 46.8 Å². The summed E-state index contributed by atoms with van der Waals surface area (Å²) in [4.78, 5) is 159. The van der Waals surface area contributed by atoms with Crippen LogP contribution in [0, 0.1) is 20.2 Å². The zero-order valence-corrected chi connectivity index (χ0v) is 72.9. The maximum absolute atomic E-state index is 13.7. The average molecular weight is 1790 g/mol. The highest BCUT2D eigenvalue weighted by Gasteiger charge is 2.48. The van der Waals surface area contributed by atoms with Gasteiger partial charge in [0.1, 0.15) is 47.3 Å². The van der Waals surface area contributed by atoms with Crippen molar-refractivity contribution in [3.63, 3.8) is 0 Å². The van der Waals surface area contributed by atoms with Gasteiger partial charge in [0.05, 0.1) is 94.2 Å². The van der Waals surface area contributed by atoms with Crippen LogP contribution in [0.1, 0.15) is 190 Å². The highest BCUT2D eigenvalue weighted by atomic mass is 16.6. The minimum atomic E-state index is -0.994. The number of unbranched alkanes of at least 4 members (excludes halogenated alkanes) is 4. The van der Waals surface area contributed by atoms with Crippen molar-refractivity contribution in [2.45, 2.75) is 177 Å². The number of allylic oxidation sites excluding steroid dienone is 4. The van der Waals surface area contributed by atoms with Gasteiger partial charge in [0.2, 0.25) is 23.6 Å². The van der Waals surface area contributed by atoms with Crippen LogP contribution in [-0.2, 0) is 51.3 Å². The Morgan fingerprint density at radius 1 is 0.371 bits per heavy atom. The van der Waals surface area contributed by atoms with E-state index in [-0.39, 0.29) is 108 Å². The summed E-state index contributed by atoms with van der Waals surface area (Å²) in [5.74, 6) is -1.81. The normalized spacial score (nSPS) is 21.6. The van der Waals surface area contributed by atoms with Crippen molar-refractivity contribution in [3.8, 4) is 23.0 Å². The number of anilines is 2. The topological polar surface area (TPSA) is 356 Å². The van der Waals surface area contributed by atoms with Gasteiger partial charge in [-0.15, -0.1) is 0 Å². The zero-order chi connectivity index (χ0) is 91.5. The number of nitro benzene ring substituents is 2. The Bertz CT molecular complexity index is 5510. The average Bonchev–Trinajstić information content (AvgIpc) is 1.62. The smallest absolute Gasteiger partial charge is 0.269 e. The van der Waals surface area contributed by atoms with Gasteiger partial charge in [-0.1, -0.05) is 85.0 Å². The molecule has 8 aliphatic heterocycles. The number of fused-ring (bicyclic) bond motifs is 4. The molecule has 4 saturated heterocycles. The molecule has 2 aliphatic carbocycles. The first-order chi connectivity index (χ1) is 64.1. The molecule has 0 aromatic heterocycles. The minimum Gasteiger partial charge on any atom is -0.494 e. The molecule has 2 atom stereocenters. The Labute approximate surface area is 762 Å². The van der Waals surface area contributed by atoms with Crippen molar-refractivity contribution in [2.75, 3.05) is 62.3 Å². The lowest BCUT2D eigenvalue weighted by molar-refractivity contribution is -0.385. The number of amides is 10. The molecule has 2 N–H and O–H groups in total. The highest BCUT2D eigenvalue weighted by Crippen LogP contribution is 2.42. The number of benzene rings is 8. The van der Waals surface area contributed by atoms with E-state index in [1.807, 2.05) is 109 Å². The Hall–Kier alpha value is -13.9. The Morgan fingerprint density at radius 3 is 1.12 bits per heavy atom. The highest BCUT2D eigenvalue weighted by molar-refractivity contribution is 6.34. The van der Waals surface area contributed by atoms with E-state index in [0.717, 1.165) is 195 Å². The summed E-state index contributed by atoms with van der Waals surface area (Å²) in [6.07, 6.45) is 25.6. The molecule has 8 aromatic rings. The van der Waals surface area contributed by atoms with Gasteiger partial charge in [0, 0.05) is 111 Å². The fraction of sp³-hybridized carbons (Fsp3) is 0.353. The number of nitro groups is 2. The summed E-state index contributed by atoms with van der Waals surface area (Å²) in [5, 5.41) is 26.4. The van der Waals surface area contributed by atoms with Gasteiger partial charge >= 0.3 is 0 Å². The summed E-state index contributed by atoms with van der Waals surface area (Å²) >= 11 is 0. The number of hydrogen-bond acceptors (Lipinski definition) is 22. The standard InChI is InChI=1S/2C51H51N5O10/c2*57-47-22-21-46(48(58)52-47)55-50(60)43-20-19-38(31-44(43)51(55)61)64-28-5-1-4-25-53-26-23-37(24-27-53)66-40-29-39(30-40)65-36-17-13-34(14-18-36)32-54-45-10-3-2-8-41(45)42(49(54)59)9-6-7-33-11-15-35(16-12-33)56(62)63/h2*2-3,6-20,31,37,39-40,46H,1,4-5,21-30,32H2,(H,52,57,58)/b2*7-6+,42-9-. The molecule has 10 aliphatic rings. The number of non-ortho nitro benzene ring substituents is 2. The van der Waals surface area contributed by atoms with Gasteiger partial charge in [-0.3, -0.25) is 88.6 Å². The lowest BCUT2D eigenvalue weighted by Gasteiger charge is -2.40. The molecule has 8 aromatic carbocycles. The second-order valence-electron chi connectivity index (χ2n) is 34.8. The number of rotatable bonds is 34. The molecule has 0 spiro atoms. The number of nitrogens with one attached hydrogen (secondary N) is 2. The second-order valence-corrected chi connectivity index (χ2v) is 34.8. The van der Waals surface area contributed by atoms with E-state index in [2.05, 4.69) is 20.4 Å². The molecular formula is C102H102N10O20. The molecule has 680 valence electrons. The number of piperidine rings is 4. The molecule has 8 heterocycles. The van der Waals surface area contributed by atoms with Crippen LogP contribution in [0.4, 0.5) is 22.7 Å². The van der Waals surface area contributed by atoms with Crippen LogP contribution < -0.4 is 39.4 Å². The monoisotopic (exact) mass is 1790 g/mol. The molecule has 0 radical (unpaired) electrons. The van der Waals surface area contributed by atoms with Crippen molar-refractivity contribution in [1.29, 1.82) is 0 Å². The zero-order valence-electron chi connectivity index (χ0n) is 72.9. The molecule has 0 bridgehead atoms. The molecule has 2 unspecified atom stereocenters. The van der Waals surface area contributed by atoms with E-state index in [1.165, 1.54) is 24.3 Å². The first-order valence-corrected chi connectivity index (χ1v) is 45.5. The third-order valence-corrected chi connectivity index (χ3v) is 25.9. The quantitative estimate of drug-likeness (QED) is 0.0124. The number of carbonyl (C=O) groups excluding carboxylic acids is 10. The van der Waals surface area contributed by atoms with Gasteiger partial charge in [-0.25, -0.2) is 0 Å². The third kappa shape index (κ3) is 21.1. The number of nitrogens with zero attached hydrogens (tertiary/aromatic N) is 8. The lowest BCUT2D eigenvalue weighted by Crippen LogP contribution is -2.54. The van der Waals surface area contributed by atoms with Crippen LogP contribution in [0.15, 0.2) is 206 Å². The lowest BCUT2D eigenvalue weighted by atomic mass is 9.91. The number of ether oxygens (including phenoxy) is 6. The first kappa shape index (κ1) is 90.0. The van der Waals surface area contributed by atoms with Gasteiger partial charge in [-0.2, -0.15) is 0 Å². The molecule has 30 heteroatoms. The maximum atomic E-state index is 13.7. The van der Waals surface area contributed by atoms with E-state index in [4.69, 9.17) is 28.4 Å². The molecule has 18 rings (SSSR count). The van der Waals surface area contributed by atoms with E-state index >= 15 is 0 Å². The predicted molar refractivity (Wildman–Crippen MR) is 489 cm³/mol. The third-order valence-electron chi connectivity index (χ3n) is 25.9. The van der Waals surface area contributed by atoms with Crippen LogP contribution in [0.5, 0.6) is 23.0 Å². The maximum Gasteiger partial charge on any atom is 0.269 e. The minimum absolute atomic E-state index is 0.0294. The number of likely N-dealkylation sites (tertiary alicyclic amines) is 2. The molecule has 2 saturated carbocycles. The first-order valence-electron chi connectivity index (χ1n) is 45.5. The van der Waals surface area contributed by atoms with Gasteiger partial charge in [-0.05, 0) is 222 Å². The van der Waals surface area contributed by atoms with Crippen molar-refractivity contribution >= 4 is 105 Å². The molecular weight excluding hydrogens is 1690 g/mol. The van der Waals surface area contributed by atoms with Crippen LogP contribution >= 0.6 is 0 Å². The Kier molecular flexibility index (Phi) is 28.0. The summed E-state index contributed by atoms with van der Waals surface area (Å²) in [7, 11) is 0. The van der Waals surface area contributed by atoms with Crippen molar-refractivity contribution in [1.82, 2.24) is 30.2 Å². The molecule has 132 heavy (non-hydrogen) atoms. The van der Waals surface area contributed by atoms with E-state index in [0.29, 0.717) is 48.9 Å². The summed E-state index contributed by atoms with van der Waals surface area (Å²) in [5.41, 5.74) is 9.12. The number of para-hydroxylation sites is 2.